The van der Waals surface area contributed by atoms with Crippen LogP contribution in [0.4, 0.5) is 0 Å². The monoisotopic (exact) mass is 309 g/mol. The average molecular weight is 309 g/mol. The first-order valence-corrected chi connectivity index (χ1v) is 8.23. The quantitative estimate of drug-likeness (QED) is 0.818. The molecule has 1 aliphatic carbocycles. The molecule has 1 atom stereocenters. The standard InChI is InChI=1S/C16H23NO3S/c1-12-2-4-13(5-3-12)21-20-10-14(18)16-8-6-15(17,7-9-16)11-19-16/h2-5,14,18H,6-11,17H2,1H3. The highest BCUT2D eigenvalue weighted by molar-refractivity contribution is 7.94. The van der Waals surface area contributed by atoms with Gasteiger partial charge in [0.1, 0.15) is 6.10 Å². The van der Waals surface area contributed by atoms with Crippen LogP contribution in [-0.2, 0) is 8.92 Å². The lowest BCUT2D eigenvalue weighted by Gasteiger charge is -2.53. The maximum Gasteiger partial charge on any atom is 0.107 e. The van der Waals surface area contributed by atoms with Crippen LogP contribution in [0, 0.1) is 6.92 Å². The van der Waals surface area contributed by atoms with E-state index in [-0.39, 0.29) is 12.1 Å². The van der Waals surface area contributed by atoms with Gasteiger partial charge < -0.3 is 19.8 Å². The Labute approximate surface area is 130 Å². The predicted molar refractivity (Wildman–Crippen MR) is 83.1 cm³/mol. The lowest BCUT2D eigenvalue weighted by Crippen LogP contribution is -2.64. The second-order valence-electron chi connectivity index (χ2n) is 6.41. The van der Waals surface area contributed by atoms with Crippen LogP contribution in [0.1, 0.15) is 31.2 Å². The largest absolute Gasteiger partial charge is 0.388 e. The van der Waals surface area contributed by atoms with Crippen molar-refractivity contribution in [3.05, 3.63) is 29.8 Å². The summed E-state index contributed by atoms with van der Waals surface area (Å²) in [6.07, 6.45) is 2.90. The Morgan fingerprint density at radius 1 is 1.29 bits per heavy atom. The van der Waals surface area contributed by atoms with Crippen LogP contribution >= 0.6 is 12.0 Å². The van der Waals surface area contributed by atoms with Gasteiger partial charge in [0, 0.05) is 22.5 Å². The summed E-state index contributed by atoms with van der Waals surface area (Å²) in [4.78, 5) is 1.04. The van der Waals surface area contributed by atoms with Gasteiger partial charge >= 0.3 is 0 Å². The Bertz CT molecular complexity index is 466. The number of benzene rings is 1. The highest BCUT2D eigenvalue weighted by Gasteiger charge is 2.51. The fraction of sp³-hybridized carbons (Fsp3) is 0.625. The molecule has 3 aliphatic rings. The number of hydrogen-bond donors (Lipinski definition) is 2. The summed E-state index contributed by atoms with van der Waals surface area (Å²) in [5.74, 6) is 0. The van der Waals surface area contributed by atoms with Crippen molar-refractivity contribution in [3.63, 3.8) is 0 Å². The summed E-state index contributed by atoms with van der Waals surface area (Å²) < 4.78 is 11.5. The molecule has 3 N–H and O–H groups in total. The van der Waals surface area contributed by atoms with Crippen LogP contribution in [0.25, 0.3) is 0 Å². The number of nitrogens with two attached hydrogens (primary N) is 1. The molecule has 4 nitrogen and oxygen atoms in total. The van der Waals surface area contributed by atoms with Crippen LogP contribution in [0.15, 0.2) is 29.2 Å². The fourth-order valence-corrected chi connectivity index (χ4v) is 3.67. The summed E-state index contributed by atoms with van der Waals surface area (Å²) in [7, 11) is 0. The molecule has 2 saturated heterocycles. The van der Waals surface area contributed by atoms with Gasteiger partial charge in [-0.05, 0) is 44.7 Å². The zero-order chi connectivity index (χ0) is 14.9. The van der Waals surface area contributed by atoms with Crippen molar-refractivity contribution in [2.45, 2.75) is 54.7 Å². The first-order valence-electron chi connectivity index (χ1n) is 7.49. The third-order valence-electron chi connectivity index (χ3n) is 4.75. The minimum Gasteiger partial charge on any atom is -0.388 e. The van der Waals surface area contributed by atoms with Crippen LogP contribution in [-0.4, -0.2) is 35.6 Å². The summed E-state index contributed by atoms with van der Waals surface area (Å²) in [6, 6.07) is 8.14. The molecule has 116 valence electrons. The van der Waals surface area contributed by atoms with Gasteiger partial charge in [-0.2, -0.15) is 0 Å². The van der Waals surface area contributed by atoms with Crippen LogP contribution in [0.2, 0.25) is 0 Å². The first-order chi connectivity index (χ1) is 10.0. The summed E-state index contributed by atoms with van der Waals surface area (Å²) in [5.41, 5.74) is 6.81. The smallest absolute Gasteiger partial charge is 0.107 e. The second kappa shape index (κ2) is 5.89. The van der Waals surface area contributed by atoms with E-state index < -0.39 is 11.7 Å². The molecule has 1 saturated carbocycles. The van der Waals surface area contributed by atoms with E-state index >= 15 is 0 Å². The van der Waals surface area contributed by atoms with Gasteiger partial charge in [-0.3, -0.25) is 0 Å². The lowest BCUT2D eigenvalue weighted by atomic mass is 9.69. The number of aryl methyl sites for hydroxylation is 1. The maximum atomic E-state index is 10.5. The lowest BCUT2D eigenvalue weighted by molar-refractivity contribution is -0.206. The Balaban J connectivity index is 1.50. The van der Waals surface area contributed by atoms with Gasteiger partial charge in [0.15, 0.2) is 0 Å². The molecule has 2 heterocycles. The number of ether oxygens (including phenoxy) is 1. The van der Waals surface area contributed by atoms with Crippen molar-refractivity contribution >= 4 is 12.0 Å². The summed E-state index contributed by atoms with van der Waals surface area (Å²) >= 11 is 1.30. The molecule has 0 spiro atoms. The van der Waals surface area contributed by atoms with E-state index in [1.807, 2.05) is 24.3 Å². The molecule has 2 bridgehead atoms. The number of hydrogen-bond acceptors (Lipinski definition) is 5. The molecule has 5 heteroatoms. The molecule has 2 aliphatic heterocycles. The predicted octanol–water partition coefficient (Wildman–Crippen LogP) is 2.42. The second-order valence-corrected chi connectivity index (χ2v) is 7.29. The van der Waals surface area contributed by atoms with Crippen LogP contribution in [0.3, 0.4) is 0 Å². The molecule has 3 fully saturated rings. The fourth-order valence-electron chi connectivity index (χ4n) is 3.09. The zero-order valence-corrected chi connectivity index (χ0v) is 13.2. The normalized spacial score (nSPS) is 33.1. The van der Waals surface area contributed by atoms with Gasteiger partial charge in [0.05, 0.1) is 18.8 Å². The van der Waals surface area contributed by atoms with Crippen LogP contribution in [0.5, 0.6) is 0 Å². The van der Waals surface area contributed by atoms with E-state index in [2.05, 4.69) is 6.92 Å². The topological polar surface area (TPSA) is 64.7 Å². The van der Waals surface area contributed by atoms with Gasteiger partial charge in [-0.25, -0.2) is 0 Å². The Morgan fingerprint density at radius 2 is 1.95 bits per heavy atom. The molecule has 0 aromatic heterocycles. The van der Waals surface area contributed by atoms with Crippen molar-refractivity contribution in [1.29, 1.82) is 0 Å². The minimum absolute atomic E-state index is 0.168. The van der Waals surface area contributed by atoms with E-state index in [0.717, 1.165) is 30.6 Å². The van der Waals surface area contributed by atoms with Gasteiger partial charge in [-0.15, -0.1) is 0 Å². The zero-order valence-electron chi connectivity index (χ0n) is 12.4. The van der Waals surface area contributed by atoms with Gasteiger partial charge in [0.25, 0.3) is 0 Å². The molecule has 1 aromatic rings. The molecule has 1 aromatic carbocycles. The van der Waals surface area contributed by atoms with Crippen molar-refractivity contribution in [2.24, 2.45) is 5.73 Å². The third kappa shape index (κ3) is 3.27. The number of aliphatic hydroxyl groups excluding tert-OH is 1. The average Bonchev–Trinajstić information content (AvgIpc) is 2.50. The maximum absolute atomic E-state index is 10.5. The van der Waals surface area contributed by atoms with E-state index in [1.54, 1.807) is 0 Å². The molecule has 21 heavy (non-hydrogen) atoms. The molecular formula is C16H23NO3S. The Morgan fingerprint density at radius 3 is 2.52 bits per heavy atom. The van der Waals surface area contributed by atoms with Crippen molar-refractivity contribution in [1.82, 2.24) is 0 Å². The van der Waals surface area contributed by atoms with E-state index in [4.69, 9.17) is 14.7 Å². The molecule has 0 amide bonds. The SMILES string of the molecule is Cc1ccc(SOCC(O)C23CCC(N)(CC2)CO3)cc1. The molecule has 0 radical (unpaired) electrons. The summed E-state index contributed by atoms with van der Waals surface area (Å²) in [6.45, 7) is 2.88. The highest BCUT2D eigenvalue weighted by Crippen LogP contribution is 2.44. The van der Waals surface area contributed by atoms with E-state index in [1.165, 1.54) is 17.6 Å². The van der Waals surface area contributed by atoms with Gasteiger partial charge in [-0.1, -0.05) is 17.7 Å². The molecular weight excluding hydrogens is 286 g/mol. The number of fused-ring (bicyclic) bond motifs is 3. The number of rotatable bonds is 5. The van der Waals surface area contributed by atoms with Gasteiger partial charge in [0.2, 0.25) is 0 Å². The third-order valence-corrected chi connectivity index (χ3v) is 5.47. The van der Waals surface area contributed by atoms with Crippen molar-refractivity contribution < 1.29 is 14.0 Å². The molecule has 4 rings (SSSR count). The Kier molecular flexibility index (Phi) is 4.30. The first kappa shape index (κ1) is 15.3. The minimum atomic E-state index is -0.597. The van der Waals surface area contributed by atoms with Crippen molar-refractivity contribution in [2.75, 3.05) is 13.2 Å². The van der Waals surface area contributed by atoms with Crippen molar-refractivity contribution in [3.8, 4) is 0 Å². The van der Waals surface area contributed by atoms with E-state index in [0.29, 0.717) is 6.61 Å². The Hall–Kier alpha value is -0.590. The molecule has 1 unspecified atom stereocenters. The highest BCUT2D eigenvalue weighted by atomic mass is 32.2. The van der Waals surface area contributed by atoms with E-state index in [9.17, 15) is 5.11 Å². The van der Waals surface area contributed by atoms with Crippen LogP contribution < -0.4 is 5.73 Å². The number of aliphatic hydroxyl groups is 1. The summed E-state index contributed by atoms with van der Waals surface area (Å²) in [5, 5.41) is 10.5.